The van der Waals surface area contributed by atoms with Crippen LogP contribution in [0.5, 0.6) is 0 Å². The second-order valence-electron chi connectivity index (χ2n) is 3.96. The Hall–Kier alpha value is -1.93. The molecule has 0 aliphatic heterocycles. The number of aryl methyl sites for hydroxylation is 1. The summed E-state index contributed by atoms with van der Waals surface area (Å²) in [6.07, 6.45) is 1.27. The van der Waals surface area contributed by atoms with E-state index in [9.17, 15) is 12.8 Å². The Morgan fingerprint density at radius 2 is 2.10 bits per heavy atom. The van der Waals surface area contributed by atoms with Crippen LogP contribution in [-0.4, -0.2) is 18.4 Å². The van der Waals surface area contributed by atoms with Gasteiger partial charge in [0.2, 0.25) is 5.28 Å². The molecule has 0 spiro atoms. The zero-order chi connectivity index (χ0) is 14.9. The summed E-state index contributed by atoms with van der Waals surface area (Å²) in [7, 11) is -4.15. The Morgan fingerprint density at radius 3 is 2.75 bits per heavy atom. The molecule has 0 amide bonds. The summed E-state index contributed by atoms with van der Waals surface area (Å²) in [5, 5.41) is -0.130. The van der Waals surface area contributed by atoms with Crippen molar-refractivity contribution < 1.29 is 12.8 Å². The molecule has 0 radical (unpaired) electrons. The minimum absolute atomic E-state index is 0.0662. The first-order chi connectivity index (χ1) is 9.29. The van der Waals surface area contributed by atoms with E-state index >= 15 is 0 Å². The molecule has 0 aliphatic rings. The van der Waals surface area contributed by atoms with Crippen LogP contribution >= 0.6 is 11.6 Å². The van der Waals surface area contributed by atoms with Gasteiger partial charge in [0.25, 0.3) is 10.0 Å². The van der Waals surface area contributed by atoms with E-state index in [0.29, 0.717) is 5.56 Å². The van der Waals surface area contributed by atoms with Crippen molar-refractivity contribution in [2.45, 2.75) is 11.8 Å². The Labute approximate surface area is 119 Å². The van der Waals surface area contributed by atoms with E-state index in [1.165, 1.54) is 12.3 Å². The minimum Gasteiger partial charge on any atom is -0.398 e. The van der Waals surface area contributed by atoms with Gasteiger partial charge in [-0.3, -0.25) is 4.72 Å². The van der Waals surface area contributed by atoms with Crippen LogP contribution in [-0.2, 0) is 10.0 Å². The van der Waals surface area contributed by atoms with Gasteiger partial charge >= 0.3 is 0 Å². The van der Waals surface area contributed by atoms with Gasteiger partial charge in [0.15, 0.2) is 0 Å². The monoisotopic (exact) mass is 316 g/mol. The maximum Gasteiger partial charge on any atom is 0.266 e. The predicted molar refractivity (Wildman–Crippen MR) is 73.4 cm³/mol. The third kappa shape index (κ3) is 2.97. The summed E-state index contributed by atoms with van der Waals surface area (Å²) < 4.78 is 40.1. The summed E-state index contributed by atoms with van der Waals surface area (Å²) in [5.41, 5.74) is 6.22. The van der Waals surface area contributed by atoms with Crippen LogP contribution in [0, 0.1) is 12.7 Å². The fraction of sp³-hybridized carbons (Fsp3) is 0.0909. The summed E-state index contributed by atoms with van der Waals surface area (Å²) in [5.74, 6) is -0.965. The molecule has 0 saturated carbocycles. The van der Waals surface area contributed by atoms with E-state index in [0.717, 1.165) is 12.1 Å². The quantitative estimate of drug-likeness (QED) is 0.666. The molecule has 3 N–H and O–H groups in total. The highest BCUT2D eigenvalue weighted by atomic mass is 35.5. The molecule has 6 nitrogen and oxygen atoms in total. The summed E-state index contributed by atoms with van der Waals surface area (Å²) in [6.45, 7) is 1.58. The average molecular weight is 317 g/mol. The van der Waals surface area contributed by atoms with E-state index in [4.69, 9.17) is 17.3 Å². The first-order valence-electron chi connectivity index (χ1n) is 5.36. The Kier molecular flexibility index (Phi) is 3.78. The van der Waals surface area contributed by atoms with E-state index in [-0.39, 0.29) is 16.8 Å². The molecule has 9 heteroatoms. The van der Waals surface area contributed by atoms with E-state index in [1.54, 1.807) is 6.92 Å². The van der Waals surface area contributed by atoms with Crippen LogP contribution in [0.25, 0.3) is 0 Å². The van der Waals surface area contributed by atoms with Crippen LogP contribution in [0.15, 0.2) is 29.3 Å². The fourth-order valence-electron chi connectivity index (χ4n) is 1.46. The average Bonchev–Trinajstić information content (AvgIpc) is 2.33. The van der Waals surface area contributed by atoms with Gasteiger partial charge in [-0.1, -0.05) is 0 Å². The van der Waals surface area contributed by atoms with E-state index < -0.39 is 20.7 Å². The van der Waals surface area contributed by atoms with Gasteiger partial charge in [-0.15, -0.1) is 0 Å². The number of hydrogen-bond acceptors (Lipinski definition) is 5. The van der Waals surface area contributed by atoms with Gasteiger partial charge in [0, 0.05) is 11.9 Å². The smallest absolute Gasteiger partial charge is 0.266 e. The molecule has 0 bridgehead atoms. The standard InChI is InChI=1S/C11H10ClFN4O2S/c1-6-4-7(13)9(5-8(6)14)20(18,19)17-10-2-3-15-11(12)16-10/h2-5H,14H2,1H3,(H,15,16,17). The Balaban J connectivity index is 2.43. The number of nitrogens with one attached hydrogen (secondary N) is 1. The van der Waals surface area contributed by atoms with Crippen molar-refractivity contribution in [2.24, 2.45) is 0 Å². The number of rotatable bonds is 3. The van der Waals surface area contributed by atoms with Gasteiger partial charge in [0.05, 0.1) is 0 Å². The fourth-order valence-corrected chi connectivity index (χ4v) is 2.70. The van der Waals surface area contributed by atoms with Crippen LogP contribution in [0.4, 0.5) is 15.9 Å². The number of sulfonamides is 1. The second kappa shape index (κ2) is 5.22. The molecule has 2 aromatic rings. The highest BCUT2D eigenvalue weighted by Gasteiger charge is 2.21. The van der Waals surface area contributed by atoms with Crippen LogP contribution in [0.2, 0.25) is 5.28 Å². The number of halogens is 2. The van der Waals surface area contributed by atoms with Crippen molar-refractivity contribution in [2.75, 3.05) is 10.5 Å². The van der Waals surface area contributed by atoms with Crippen LogP contribution in [0.3, 0.4) is 0 Å². The van der Waals surface area contributed by atoms with Crippen molar-refractivity contribution in [1.82, 2.24) is 9.97 Å². The van der Waals surface area contributed by atoms with Crippen molar-refractivity contribution in [3.05, 3.63) is 41.1 Å². The molecular formula is C11H10ClFN4O2S. The molecule has 1 heterocycles. The molecule has 2 rings (SSSR count). The molecule has 0 saturated heterocycles. The van der Waals surface area contributed by atoms with Crippen molar-refractivity contribution >= 4 is 33.1 Å². The van der Waals surface area contributed by atoms with Gasteiger partial charge < -0.3 is 5.73 Å². The lowest BCUT2D eigenvalue weighted by atomic mass is 10.2. The first kappa shape index (κ1) is 14.5. The second-order valence-corrected chi connectivity index (χ2v) is 5.94. The molecule has 0 unspecified atom stereocenters. The predicted octanol–water partition coefficient (Wildman–Crippen LogP) is 1.96. The van der Waals surface area contributed by atoms with Crippen molar-refractivity contribution in [3.63, 3.8) is 0 Å². The Morgan fingerprint density at radius 1 is 1.40 bits per heavy atom. The van der Waals surface area contributed by atoms with E-state index in [2.05, 4.69) is 14.7 Å². The maximum absolute atomic E-state index is 13.8. The normalized spacial score (nSPS) is 11.3. The SMILES string of the molecule is Cc1cc(F)c(S(=O)(=O)Nc2ccnc(Cl)n2)cc1N. The molecule has 1 aromatic heterocycles. The maximum atomic E-state index is 13.8. The lowest BCUT2D eigenvalue weighted by Crippen LogP contribution is -2.16. The third-order valence-corrected chi connectivity index (χ3v) is 4.03. The topological polar surface area (TPSA) is 98.0 Å². The first-order valence-corrected chi connectivity index (χ1v) is 7.23. The molecule has 0 aliphatic carbocycles. The molecule has 106 valence electrons. The number of benzene rings is 1. The summed E-state index contributed by atoms with van der Waals surface area (Å²) in [6, 6.07) is 3.39. The number of nitrogens with two attached hydrogens (primary N) is 1. The van der Waals surface area contributed by atoms with Crippen LogP contribution < -0.4 is 10.5 Å². The number of aromatic nitrogens is 2. The number of anilines is 2. The van der Waals surface area contributed by atoms with Crippen molar-refractivity contribution in [3.8, 4) is 0 Å². The lowest BCUT2D eigenvalue weighted by Gasteiger charge is -2.10. The number of nitrogens with zero attached hydrogens (tertiary/aromatic N) is 2. The number of nitrogen functional groups attached to an aromatic ring is 1. The zero-order valence-electron chi connectivity index (χ0n) is 10.3. The highest BCUT2D eigenvalue weighted by Crippen LogP contribution is 2.23. The zero-order valence-corrected chi connectivity index (χ0v) is 11.8. The van der Waals surface area contributed by atoms with Crippen LogP contribution in [0.1, 0.15) is 5.56 Å². The van der Waals surface area contributed by atoms with E-state index in [1.807, 2.05) is 0 Å². The molecule has 20 heavy (non-hydrogen) atoms. The minimum atomic E-state index is -4.15. The molecular weight excluding hydrogens is 307 g/mol. The summed E-state index contributed by atoms with van der Waals surface area (Å²) >= 11 is 5.55. The largest absolute Gasteiger partial charge is 0.398 e. The van der Waals surface area contributed by atoms with Gasteiger partial charge in [-0.05, 0) is 42.3 Å². The molecule has 0 atom stereocenters. The Bertz CT molecular complexity index is 767. The lowest BCUT2D eigenvalue weighted by molar-refractivity contribution is 0.570. The third-order valence-electron chi connectivity index (χ3n) is 2.48. The van der Waals surface area contributed by atoms with Gasteiger partial charge in [-0.25, -0.2) is 17.8 Å². The van der Waals surface area contributed by atoms with Crippen molar-refractivity contribution in [1.29, 1.82) is 0 Å². The molecule has 1 aromatic carbocycles. The van der Waals surface area contributed by atoms with Gasteiger partial charge in [-0.2, -0.15) is 4.98 Å². The number of hydrogen-bond donors (Lipinski definition) is 2. The summed E-state index contributed by atoms with van der Waals surface area (Å²) in [4.78, 5) is 6.72. The highest BCUT2D eigenvalue weighted by molar-refractivity contribution is 7.92. The molecule has 0 fully saturated rings. The van der Waals surface area contributed by atoms with Gasteiger partial charge in [0.1, 0.15) is 16.5 Å².